The number of rotatable bonds is 3. The Kier molecular flexibility index (Phi) is 4.38. The van der Waals surface area contributed by atoms with Crippen LogP contribution in [0.15, 0.2) is 24.3 Å². The molecule has 0 spiro atoms. The fraction of sp³-hybridized carbons (Fsp3) is 0.667. The van der Waals surface area contributed by atoms with Gasteiger partial charge in [0, 0.05) is 12.0 Å². The topological polar surface area (TPSA) is 62.1 Å². The Morgan fingerprint density at radius 2 is 1.79 bits per heavy atom. The average molecular weight is 379 g/mol. The van der Waals surface area contributed by atoms with Crippen molar-refractivity contribution in [2.75, 3.05) is 0 Å². The molecule has 1 N–H and O–H groups in total. The van der Waals surface area contributed by atoms with Crippen molar-refractivity contribution in [2.24, 2.45) is 35.5 Å². The average Bonchev–Trinajstić information content (AvgIpc) is 3.19. The molecule has 1 saturated heterocycles. The van der Waals surface area contributed by atoms with E-state index in [-0.39, 0.29) is 24.0 Å². The van der Waals surface area contributed by atoms with Gasteiger partial charge in [-0.2, -0.15) is 5.26 Å². The maximum Gasteiger partial charge on any atom is 0.237 e. The zero-order chi connectivity index (χ0) is 19.4. The maximum absolute atomic E-state index is 12.3. The van der Waals surface area contributed by atoms with E-state index in [1.54, 1.807) is 0 Å². The predicted molar refractivity (Wildman–Crippen MR) is 107 cm³/mol. The van der Waals surface area contributed by atoms with Gasteiger partial charge in [-0.05, 0) is 73.0 Å². The molecular formula is C24H30N2O2. The number of nitriles is 1. The van der Waals surface area contributed by atoms with Crippen LogP contribution in [-0.4, -0.2) is 18.1 Å². The first kappa shape index (κ1) is 18.0. The molecule has 1 aliphatic heterocycles. The van der Waals surface area contributed by atoms with Crippen molar-refractivity contribution in [3.05, 3.63) is 29.8 Å². The van der Waals surface area contributed by atoms with E-state index in [4.69, 9.17) is 4.74 Å². The highest BCUT2D eigenvalue weighted by molar-refractivity contribution is 5.84. The third-order valence-corrected chi connectivity index (χ3v) is 8.14. The van der Waals surface area contributed by atoms with Crippen LogP contribution in [0.4, 0.5) is 0 Å². The van der Waals surface area contributed by atoms with E-state index in [9.17, 15) is 10.1 Å². The quantitative estimate of drug-likeness (QED) is 0.854. The minimum absolute atomic E-state index is 0.0262. The van der Waals surface area contributed by atoms with Gasteiger partial charge in [-0.1, -0.05) is 32.4 Å². The van der Waals surface area contributed by atoms with E-state index >= 15 is 0 Å². The van der Waals surface area contributed by atoms with E-state index in [2.05, 4.69) is 49.5 Å². The molecule has 3 saturated carbocycles. The van der Waals surface area contributed by atoms with Gasteiger partial charge in [0.1, 0.15) is 17.8 Å². The van der Waals surface area contributed by atoms with E-state index < -0.39 is 5.92 Å². The fourth-order valence-electron chi connectivity index (χ4n) is 7.03. The lowest BCUT2D eigenvalue weighted by Crippen LogP contribution is -2.46. The summed E-state index contributed by atoms with van der Waals surface area (Å²) in [5, 5.41) is 12.8. The van der Waals surface area contributed by atoms with Gasteiger partial charge >= 0.3 is 0 Å². The Balaban J connectivity index is 1.37. The summed E-state index contributed by atoms with van der Waals surface area (Å²) in [7, 11) is 0. The third-order valence-electron chi connectivity index (χ3n) is 8.14. The molecule has 4 nitrogen and oxygen atoms in total. The summed E-state index contributed by atoms with van der Waals surface area (Å²) in [5.74, 6) is 3.47. The molecule has 4 aliphatic rings. The second kappa shape index (κ2) is 6.79. The molecule has 8 unspecified atom stereocenters. The minimum atomic E-state index is -0.442. The molecule has 4 fully saturated rings. The van der Waals surface area contributed by atoms with Gasteiger partial charge in [-0.15, -0.1) is 0 Å². The first-order chi connectivity index (χ1) is 13.6. The molecule has 1 heterocycles. The highest BCUT2D eigenvalue weighted by atomic mass is 16.5. The van der Waals surface area contributed by atoms with Crippen LogP contribution in [0.2, 0.25) is 0 Å². The number of benzene rings is 1. The second-order valence-electron chi connectivity index (χ2n) is 9.68. The molecule has 0 bridgehead atoms. The van der Waals surface area contributed by atoms with Crippen LogP contribution in [0.3, 0.4) is 0 Å². The zero-order valence-corrected chi connectivity index (χ0v) is 16.8. The van der Waals surface area contributed by atoms with Gasteiger partial charge in [0.25, 0.3) is 0 Å². The predicted octanol–water partition coefficient (Wildman–Crippen LogP) is 4.27. The van der Waals surface area contributed by atoms with Crippen LogP contribution in [-0.2, 0) is 4.79 Å². The summed E-state index contributed by atoms with van der Waals surface area (Å²) in [5.41, 5.74) is 1.34. The van der Waals surface area contributed by atoms with Crippen molar-refractivity contribution < 1.29 is 9.53 Å². The molecule has 4 heteroatoms. The Morgan fingerprint density at radius 3 is 2.50 bits per heavy atom. The van der Waals surface area contributed by atoms with Crippen LogP contribution < -0.4 is 10.1 Å². The summed E-state index contributed by atoms with van der Waals surface area (Å²) < 4.78 is 6.53. The van der Waals surface area contributed by atoms with E-state index in [1.165, 1.54) is 24.8 Å². The summed E-state index contributed by atoms with van der Waals surface area (Å²) in [6.07, 6.45) is 6.01. The molecule has 1 amide bonds. The van der Waals surface area contributed by atoms with Crippen molar-refractivity contribution in [2.45, 2.75) is 64.0 Å². The van der Waals surface area contributed by atoms with E-state index in [0.29, 0.717) is 29.6 Å². The number of carbonyl (C=O) groups excluding carboxylic acids is 1. The number of nitrogens with zero attached hydrogens (tertiary/aromatic N) is 1. The first-order valence-electron chi connectivity index (χ1n) is 11.0. The summed E-state index contributed by atoms with van der Waals surface area (Å²) in [6.45, 7) is 4.42. The normalized spacial score (nSPS) is 41.1. The van der Waals surface area contributed by atoms with Crippen LogP contribution in [0.25, 0.3) is 0 Å². The first-order valence-corrected chi connectivity index (χ1v) is 11.0. The molecule has 8 atom stereocenters. The highest BCUT2D eigenvalue weighted by Gasteiger charge is 2.63. The van der Waals surface area contributed by atoms with Crippen molar-refractivity contribution in [1.82, 2.24) is 5.32 Å². The number of hydrogen-bond acceptors (Lipinski definition) is 3. The Labute approximate surface area is 167 Å². The molecule has 1 aromatic rings. The second-order valence-corrected chi connectivity index (χ2v) is 9.68. The molecule has 5 rings (SSSR count). The van der Waals surface area contributed by atoms with Gasteiger partial charge in [0.05, 0.1) is 6.07 Å². The number of ether oxygens (including phenoxy) is 1. The smallest absolute Gasteiger partial charge is 0.237 e. The SMILES string of the molecule is CC(C)c1ccc(OC2CCC3C4C2CCCC4C2NC(=O)C(C#N)C32)cc1. The molecule has 0 radical (unpaired) electrons. The summed E-state index contributed by atoms with van der Waals surface area (Å²) >= 11 is 0. The van der Waals surface area contributed by atoms with Crippen LogP contribution in [0.1, 0.15) is 57.4 Å². The van der Waals surface area contributed by atoms with Crippen molar-refractivity contribution in [3.63, 3.8) is 0 Å². The lowest BCUT2D eigenvalue weighted by Gasteiger charge is -2.46. The lowest BCUT2D eigenvalue weighted by atomic mass is 9.62. The summed E-state index contributed by atoms with van der Waals surface area (Å²) in [6, 6.07) is 11.2. The van der Waals surface area contributed by atoms with Gasteiger partial charge < -0.3 is 10.1 Å². The Morgan fingerprint density at radius 1 is 1.04 bits per heavy atom. The van der Waals surface area contributed by atoms with Gasteiger partial charge in [0.2, 0.25) is 5.91 Å². The van der Waals surface area contributed by atoms with Crippen LogP contribution in [0, 0.1) is 46.8 Å². The van der Waals surface area contributed by atoms with Crippen LogP contribution in [0.5, 0.6) is 5.75 Å². The number of nitrogens with one attached hydrogen (secondary N) is 1. The van der Waals surface area contributed by atoms with Crippen molar-refractivity contribution in [3.8, 4) is 11.8 Å². The van der Waals surface area contributed by atoms with E-state index in [1.807, 2.05) is 0 Å². The van der Waals surface area contributed by atoms with Gasteiger partial charge in [-0.3, -0.25) is 4.79 Å². The molecule has 1 aromatic carbocycles. The number of hydrogen-bond donors (Lipinski definition) is 1. The van der Waals surface area contributed by atoms with Crippen LogP contribution >= 0.6 is 0 Å². The molecule has 148 valence electrons. The largest absolute Gasteiger partial charge is 0.490 e. The maximum atomic E-state index is 12.3. The molecule has 3 aliphatic carbocycles. The molecule has 0 aromatic heterocycles. The molecule has 28 heavy (non-hydrogen) atoms. The number of carbonyl (C=O) groups is 1. The van der Waals surface area contributed by atoms with Gasteiger partial charge in [0.15, 0.2) is 0 Å². The summed E-state index contributed by atoms with van der Waals surface area (Å²) in [4.78, 5) is 12.3. The zero-order valence-electron chi connectivity index (χ0n) is 16.8. The Bertz CT molecular complexity index is 796. The number of fused-ring (bicyclic) bond motifs is 3. The van der Waals surface area contributed by atoms with E-state index in [0.717, 1.165) is 18.6 Å². The lowest BCUT2D eigenvalue weighted by molar-refractivity contribution is -0.122. The minimum Gasteiger partial charge on any atom is -0.490 e. The fourth-order valence-corrected chi connectivity index (χ4v) is 7.03. The third kappa shape index (κ3) is 2.66. The van der Waals surface area contributed by atoms with Gasteiger partial charge in [-0.25, -0.2) is 0 Å². The monoisotopic (exact) mass is 378 g/mol. The Hall–Kier alpha value is -2.02. The number of amides is 1. The highest BCUT2D eigenvalue weighted by Crippen LogP contribution is 2.60. The molecular weight excluding hydrogens is 348 g/mol. The van der Waals surface area contributed by atoms with Crippen molar-refractivity contribution >= 4 is 5.91 Å². The van der Waals surface area contributed by atoms with Crippen molar-refractivity contribution in [1.29, 1.82) is 5.26 Å². The standard InChI is InChI=1S/C24H30N2O2/c1-13(2)14-6-8-15(9-7-14)28-20-11-10-17-21-16(20)4-3-5-18(21)23-22(17)19(12-25)24(27)26-23/h6-9,13,16-23H,3-5,10-11H2,1-2H3,(H,26,27).